The van der Waals surface area contributed by atoms with Crippen LogP contribution in [0.5, 0.6) is 0 Å². The molecule has 7 atom stereocenters. The van der Waals surface area contributed by atoms with Crippen molar-refractivity contribution in [1.29, 1.82) is 0 Å². The Morgan fingerprint density at radius 3 is 2.75 bits per heavy atom. The maximum atomic E-state index is 11.8. The van der Waals surface area contributed by atoms with Crippen LogP contribution in [0.1, 0.15) is 59.3 Å². The van der Waals surface area contributed by atoms with Crippen molar-refractivity contribution in [2.24, 2.45) is 40.4 Å². The lowest BCUT2D eigenvalue weighted by Crippen LogP contribution is -2.50. The quantitative estimate of drug-likeness (QED) is 0.808. The number of aliphatic hydroxyl groups excluding tert-OH is 1. The van der Waals surface area contributed by atoms with Crippen molar-refractivity contribution in [2.45, 2.75) is 59.3 Å². The van der Waals surface area contributed by atoms with Gasteiger partial charge in [0.1, 0.15) is 0 Å². The van der Waals surface area contributed by atoms with Crippen LogP contribution in [0.15, 0.2) is 23.8 Å². The summed E-state index contributed by atoms with van der Waals surface area (Å²) in [4.78, 5) is 11.8. The predicted octanol–water partition coefficient (Wildman–Crippen LogP) is 4.54. The highest BCUT2D eigenvalue weighted by Crippen LogP contribution is 2.66. The molecule has 0 aromatic rings. The van der Waals surface area contributed by atoms with Gasteiger partial charge in [-0.1, -0.05) is 32.4 Å². The molecule has 2 nitrogen and oxygen atoms in total. The van der Waals surface area contributed by atoms with Gasteiger partial charge in [-0.15, -0.1) is 0 Å². The topological polar surface area (TPSA) is 37.3 Å². The average Bonchev–Trinajstić information content (AvgIpc) is 2.92. The Bertz CT molecular complexity index is 603. The van der Waals surface area contributed by atoms with Crippen LogP contribution in [0, 0.1) is 40.4 Å². The van der Waals surface area contributed by atoms with Gasteiger partial charge in [0.25, 0.3) is 0 Å². The van der Waals surface area contributed by atoms with E-state index in [-0.39, 0.29) is 11.2 Å². The Labute approximate surface area is 146 Å². The van der Waals surface area contributed by atoms with Crippen LogP contribution in [0.2, 0.25) is 0 Å². The van der Waals surface area contributed by atoms with Gasteiger partial charge in [0.2, 0.25) is 0 Å². The maximum absolute atomic E-state index is 11.8. The molecule has 4 aliphatic carbocycles. The fraction of sp³-hybridized carbons (Fsp3) is 0.773. The van der Waals surface area contributed by atoms with Gasteiger partial charge in [-0.3, -0.25) is 4.79 Å². The SMILES string of the molecule is CC(CO)C1CCC2C3CCC4=CC(=O)C=CC4(C)C3CCC12C. The second-order valence-corrected chi connectivity index (χ2v) is 9.49. The molecule has 0 amide bonds. The number of carbonyl (C=O) groups is 1. The molecule has 0 aromatic heterocycles. The fourth-order valence-electron chi connectivity index (χ4n) is 7.30. The van der Waals surface area contributed by atoms with Crippen molar-refractivity contribution in [2.75, 3.05) is 6.61 Å². The molecular weight excluding hydrogens is 296 g/mol. The summed E-state index contributed by atoms with van der Waals surface area (Å²) in [6.07, 6.45) is 13.5. The van der Waals surface area contributed by atoms with Crippen molar-refractivity contribution in [3.8, 4) is 0 Å². The summed E-state index contributed by atoms with van der Waals surface area (Å²) in [7, 11) is 0. The smallest absolute Gasteiger partial charge is 0.178 e. The van der Waals surface area contributed by atoms with Gasteiger partial charge in [0, 0.05) is 12.0 Å². The molecule has 3 saturated carbocycles. The lowest BCUT2D eigenvalue weighted by Gasteiger charge is -2.57. The van der Waals surface area contributed by atoms with E-state index >= 15 is 0 Å². The van der Waals surface area contributed by atoms with Crippen LogP contribution >= 0.6 is 0 Å². The Kier molecular flexibility index (Phi) is 3.84. The van der Waals surface area contributed by atoms with Gasteiger partial charge in [0.05, 0.1) is 0 Å². The zero-order valence-electron chi connectivity index (χ0n) is 15.4. The molecule has 3 fully saturated rings. The normalized spacial score (nSPS) is 48.3. The van der Waals surface area contributed by atoms with Crippen molar-refractivity contribution < 1.29 is 9.90 Å². The van der Waals surface area contributed by atoms with Gasteiger partial charge < -0.3 is 5.11 Å². The second-order valence-electron chi connectivity index (χ2n) is 9.49. The second kappa shape index (κ2) is 5.56. The number of allylic oxidation sites excluding steroid dienone is 4. The monoisotopic (exact) mass is 328 g/mol. The molecular formula is C22H32O2. The van der Waals surface area contributed by atoms with Crippen LogP contribution in [0.3, 0.4) is 0 Å². The lowest BCUT2D eigenvalue weighted by atomic mass is 9.47. The third-order valence-electron chi connectivity index (χ3n) is 8.60. The number of hydrogen-bond donors (Lipinski definition) is 1. The highest BCUT2D eigenvalue weighted by Gasteiger charge is 2.58. The lowest BCUT2D eigenvalue weighted by molar-refractivity contribution is -0.111. The summed E-state index contributed by atoms with van der Waals surface area (Å²) >= 11 is 0. The number of hydrogen-bond acceptors (Lipinski definition) is 2. The first-order valence-corrected chi connectivity index (χ1v) is 9.95. The van der Waals surface area contributed by atoms with Crippen molar-refractivity contribution >= 4 is 5.78 Å². The van der Waals surface area contributed by atoms with Gasteiger partial charge in [0.15, 0.2) is 5.78 Å². The van der Waals surface area contributed by atoms with Crippen molar-refractivity contribution in [3.05, 3.63) is 23.8 Å². The van der Waals surface area contributed by atoms with E-state index < -0.39 is 0 Å². The summed E-state index contributed by atoms with van der Waals surface area (Å²) in [6.45, 7) is 7.47. The van der Waals surface area contributed by atoms with E-state index in [2.05, 4.69) is 26.8 Å². The van der Waals surface area contributed by atoms with Gasteiger partial charge in [-0.25, -0.2) is 0 Å². The van der Waals surface area contributed by atoms with Crippen LogP contribution in [-0.2, 0) is 4.79 Å². The van der Waals surface area contributed by atoms with E-state index in [4.69, 9.17) is 0 Å². The molecule has 0 saturated heterocycles. The molecule has 4 aliphatic rings. The third kappa shape index (κ3) is 2.14. The zero-order chi connectivity index (χ0) is 17.1. The average molecular weight is 328 g/mol. The first-order chi connectivity index (χ1) is 11.4. The van der Waals surface area contributed by atoms with Crippen LogP contribution in [-0.4, -0.2) is 17.5 Å². The van der Waals surface area contributed by atoms with Crippen molar-refractivity contribution in [3.63, 3.8) is 0 Å². The van der Waals surface area contributed by atoms with E-state index in [1.165, 1.54) is 37.7 Å². The van der Waals surface area contributed by atoms with Crippen molar-refractivity contribution in [1.82, 2.24) is 0 Å². The highest BCUT2D eigenvalue weighted by atomic mass is 16.3. The van der Waals surface area contributed by atoms with Gasteiger partial charge in [-0.2, -0.15) is 0 Å². The highest BCUT2D eigenvalue weighted by molar-refractivity contribution is 6.01. The van der Waals surface area contributed by atoms with Gasteiger partial charge >= 0.3 is 0 Å². The minimum absolute atomic E-state index is 0.110. The molecule has 0 aromatic carbocycles. The third-order valence-corrected chi connectivity index (χ3v) is 8.60. The minimum Gasteiger partial charge on any atom is -0.396 e. The number of rotatable bonds is 2. The summed E-state index contributed by atoms with van der Waals surface area (Å²) < 4.78 is 0. The minimum atomic E-state index is 0.110. The van der Waals surface area contributed by atoms with E-state index in [1.54, 1.807) is 0 Å². The Morgan fingerprint density at radius 1 is 1.21 bits per heavy atom. The predicted molar refractivity (Wildman–Crippen MR) is 96.4 cm³/mol. The Balaban J connectivity index is 1.65. The molecule has 24 heavy (non-hydrogen) atoms. The summed E-state index contributed by atoms with van der Waals surface area (Å²) in [5.41, 5.74) is 1.91. The fourth-order valence-corrected chi connectivity index (χ4v) is 7.30. The van der Waals surface area contributed by atoms with Crippen LogP contribution in [0.4, 0.5) is 0 Å². The molecule has 0 spiro atoms. The van der Waals surface area contributed by atoms with Crippen LogP contribution < -0.4 is 0 Å². The Hall–Kier alpha value is -0.890. The standard InChI is InChI=1S/C22H32O2/c1-14(13-23)18-6-7-19-17-5-4-15-12-16(24)8-10-21(15,2)20(17)9-11-22(18,19)3/h8,10,12,14,17-20,23H,4-7,9,11,13H2,1-3H3. The molecule has 1 N–H and O–H groups in total. The molecule has 0 bridgehead atoms. The molecule has 0 aliphatic heterocycles. The van der Waals surface area contributed by atoms with Crippen LogP contribution in [0.25, 0.3) is 0 Å². The molecule has 4 rings (SSSR count). The van der Waals surface area contributed by atoms with E-state index in [1.807, 2.05) is 12.2 Å². The largest absolute Gasteiger partial charge is 0.396 e. The van der Waals surface area contributed by atoms with Gasteiger partial charge in [-0.05, 0) is 85.7 Å². The molecule has 2 heteroatoms. The molecule has 132 valence electrons. The maximum Gasteiger partial charge on any atom is 0.178 e. The van der Waals surface area contributed by atoms with E-state index in [9.17, 15) is 9.90 Å². The molecule has 7 unspecified atom stereocenters. The molecule has 0 radical (unpaired) electrons. The Morgan fingerprint density at radius 2 is 2.00 bits per heavy atom. The summed E-state index contributed by atoms with van der Waals surface area (Å²) in [5, 5.41) is 9.70. The van der Waals surface area contributed by atoms with E-state index in [0.29, 0.717) is 29.8 Å². The number of ketones is 1. The first-order valence-electron chi connectivity index (χ1n) is 9.95. The first kappa shape index (κ1) is 16.6. The number of aliphatic hydroxyl groups is 1. The zero-order valence-corrected chi connectivity index (χ0v) is 15.4. The number of carbonyl (C=O) groups excluding carboxylic acids is 1. The number of fused-ring (bicyclic) bond motifs is 5. The molecule has 0 heterocycles. The summed E-state index contributed by atoms with van der Waals surface area (Å²) in [6, 6.07) is 0. The summed E-state index contributed by atoms with van der Waals surface area (Å²) in [5.74, 6) is 3.58. The van der Waals surface area contributed by atoms with E-state index in [0.717, 1.165) is 18.3 Å².